The molecule has 0 radical (unpaired) electrons. The Labute approximate surface area is 271 Å². The van der Waals surface area contributed by atoms with Crippen LogP contribution in [0.1, 0.15) is 103 Å². The van der Waals surface area contributed by atoms with Gasteiger partial charge in [0.2, 0.25) is 24.1 Å². The van der Waals surface area contributed by atoms with Crippen molar-refractivity contribution in [2.24, 2.45) is 0 Å². The predicted molar refractivity (Wildman–Crippen MR) is 168 cm³/mol. The van der Waals surface area contributed by atoms with Crippen molar-refractivity contribution in [3.63, 3.8) is 0 Å². The van der Waals surface area contributed by atoms with Crippen LogP contribution < -0.4 is 0 Å². The van der Waals surface area contributed by atoms with E-state index in [9.17, 15) is 14.4 Å². The van der Waals surface area contributed by atoms with E-state index < -0.39 is 53.4 Å². The second kappa shape index (κ2) is 16.3. The van der Waals surface area contributed by atoms with Gasteiger partial charge in [-0.1, -0.05) is 76.2 Å². The summed E-state index contributed by atoms with van der Waals surface area (Å²) in [5.74, 6) is -2.29. The third kappa shape index (κ3) is 11.5. The zero-order valence-electron chi connectivity index (χ0n) is 28.3. The lowest BCUT2D eigenvalue weighted by Gasteiger charge is -2.25. The topological polar surface area (TPSA) is 125 Å². The third-order valence-corrected chi connectivity index (χ3v) is 6.77. The maximum absolute atomic E-state index is 12.4. The van der Waals surface area contributed by atoms with Crippen molar-refractivity contribution in [2.45, 2.75) is 105 Å². The van der Waals surface area contributed by atoms with E-state index in [2.05, 4.69) is 40.9 Å². The molecule has 2 atom stereocenters. The van der Waals surface area contributed by atoms with E-state index in [1.807, 2.05) is 48.5 Å². The average molecular weight is 643 g/mol. The number of rotatable bonds is 16. The Morgan fingerprint density at radius 2 is 0.848 bits per heavy atom. The highest BCUT2D eigenvalue weighted by Crippen LogP contribution is 2.29. The number of carbonyl (C=O) groups is 3. The Balaban J connectivity index is 1.75. The molecule has 46 heavy (non-hydrogen) atoms. The first-order valence-electron chi connectivity index (χ1n) is 14.9. The summed E-state index contributed by atoms with van der Waals surface area (Å²) in [6.45, 7) is 24.9. The summed E-state index contributed by atoms with van der Waals surface area (Å²) in [7, 11) is 0. The van der Waals surface area contributed by atoms with Gasteiger partial charge in [-0.3, -0.25) is 0 Å². The van der Waals surface area contributed by atoms with Gasteiger partial charge in [0, 0.05) is 13.8 Å². The highest BCUT2D eigenvalue weighted by Gasteiger charge is 2.29. The first kappa shape index (κ1) is 37.8. The molecule has 0 spiro atoms. The minimum atomic E-state index is -1.41. The second-order valence-corrected chi connectivity index (χ2v) is 12.2. The van der Waals surface area contributed by atoms with Crippen LogP contribution in [0.2, 0.25) is 0 Å². The first-order chi connectivity index (χ1) is 21.3. The van der Waals surface area contributed by atoms with Crippen molar-refractivity contribution in [1.82, 2.24) is 0 Å². The summed E-state index contributed by atoms with van der Waals surface area (Å²) in [4.78, 5) is 57.9. The standard InChI is InChI=1S/C35H46O11/c1-21(2)27-13-17-29(18-14-27)34(9,10)45-43-23(5)31(36)39-25(7)41-33(38)42-26(8)40-32(37)24(6)44-46-35(11,12)30-19-15-28(16-20-30)22(3)4/h13-22,25-26H,5-6H2,1-4,7-12H3. The average Bonchev–Trinajstić information content (AvgIpc) is 2.98. The van der Waals surface area contributed by atoms with Crippen molar-refractivity contribution >= 4 is 18.1 Å². The molecular weight excluding hydrogens is 596 g/mol. The molecule has 0 saturated heterocycles. The highest BCUT2D eigenvalue weighted by molar-refractivity contribution is 5.86. The van der Waals surface area contributed by atoms with Gasteiger partial charge in [0.15, 0.2) is 0 Å². The van der Waals surface area contributed by atoms with Crippen LogP contribution in [-0.4, -0.2) is 30.7 Å². The molecule has 0 amide bonds. The Hall–Kier alpha value is -4.35. The van der Waals surface area contributed by atoms with E-state index >= 15 is 0 Å². The Bertz CT molecular complexity index is 1250. The molecule has 252 valence electrons. The summed E-state index contributed by atoms with van der Waals surface area (Å²) >= 11 is 0. The van der Waals surface area contributed by atoms with E-state index in [0.29, 0.717) is 11.8 Å². The Morgan fingerprint density at radius 3 is 1.13 bits per heavy atom. The molecule has 2 aromatic rings. The molecule has 0 aliphatic rings. The van der Waals surface area contributed by atoms with Crippen molar-refractivity contribution in [2.75, 3.05) is 0 Å². The van der Waals surface area contributed by atoms with Gasteiger partial charge in [0.25, 0.3) is 0 Å². The number of benzene rings is 2. The van der Waals surface area contributed by atoms with Gasteiger partial charge in [0.05, 0.1) is 0 Å². The van der Waals surface area contributed by atoms with Crippen LogP contribution in [-0.2, 0) is 59.3 Å². The quantitative estimate of drug-likeness (QED) is 0.0442. The predicted octanol–water partition coefficient (Wildman–Crippen LogP) is 7.96. The molecular formula is C35H46O11. The molecule has 2 aromatic carbocycles. The van der Waals surface area contributed by atoms with Crippen LogP contribution >= 0.6 is 0 Å². The van der Waals surface area contributed by atoms with Crippen molar-refractivity contribution in [3.05, 3.63) is 95.5 Å². The van der Waals surface area contributed by atoms with Crippen molar-refractivity contribution in [3.8, 4) is 0 Å². The van der Waals surface area contributed by atoms with Gasteiger partial charge in [-0.15, -0.1) is 0 Å². The molecule has 0 saturated carbocycles. The summed E-state index contributed by atoms with van der Waals surface area (Å²) in [6.07, 6.45) is -4.12. The molecule has 0 aliphatic carbocycles. The van der Waals surface area contributed by atoms with Gasteiger partial charge < -0.3 is 28.7 Å². The zero-order valence-corrected chi connectivity index (χ0v) is 28.3. The summed E-state index contributed by atoms with van der Waals surface area (Å²) in [5, 5.41) is 0. The minimum Gasteiger partial charge on any atom is -0.419 e. The fraction of sp³-hybridized carbons (Fsp3) is 0.457. The second-order valence-electron chi connectivity index (χ2n) is 12.2. The normalized spacial score (nSPS) is 13.0. The van der Waals surface area contributed by atoms with Gasteiger partial charge in [-0.25, -0.2) is 14.4 Å². The Kier molecular flexibility index (Phi) is 13.4. The number of hydrogen-bond acceptors (Lipinski definition) is 11. The lowest BCUT2D eigenvalue weighted by Crippen LogP contribution is -2.29. The summed E-state index contributed by atoms with van der Waals surface area (Å²) < 4.78 is 19.7. The molecule has 0 bridgehead atoms. The minimum absolute atomic E-state index is 0.375. The largest absolute Gasteiger partial charge is 0.514 e. The molecule has 2 rings (SSSR count). The number of esters is 2. The maximum atomic E-state index is 12.4. The monoisotopic (exact) mass is 642 g/mol. The van der Waals surface area contributed by atoms with Crippen LogP contribution in [0.4, 0.5) is 4.79 Å². The van der Waals surface area contributed by atoms with E-state index in [1.165, 1.54) is 25.0 Å². The van der Waals surface area contributed by atoms with E-state index in [4.69, 9.17) is 38.5 Å². The number of hydrogen-bond donors (Lipinski definition) is 0. The molecule has 0 N–H and O–H groups in total. The fourth-order valence-electron chi connectivity index (χ4n) is 3.79. The smallest absolute Gasteiger partial charge is 0.419 e. The molecule has 0 fully saturated rings. The maximum Gasteiger partial charge on any atom is 0.514 e. The first-order valence-corrected chi connectivity index (χ1v) is 14.9. The van der Waals surface area contributed by atoms with Gasteiger partial charge in [0.1, 0.15) is 11.2 Å². The van der Waals surface area contributed by atoms with Gasteiger partial charge in [-0.05, 0) is 74.9 Å². The molecule has 0 aromatic heterocycles. The van der Waals surface area contributed by atoms with Crippen LogP contribution in [0, 0.1) is 0 Å². The summed E-state index contributed by atoms with van der Waals surface area (Å²) in [5.41, 5.74) is 2.12. The van der Waals surface area contributed by atoms with E-state index in [-0.39, 0.29) is 0 Å². The van der Waals surface area contributed by atoms with Gasteiger partial charge in [-0.2, -0.15) is 9.78 Å². The fourth-order valence-corrected chi connectivity index (χ4v) is 3.79. The van der Waals surface area contributed by atoms with Crippen LogP contribution in [0.3, 0.4) is 0 Å². The Morgan fingerprint density at radius 1 is 0.543 bits per heavy atom. The van der Waals surface area contributed by atoms with Gasteiger partial charge >= 0.3 is 18.1 Å². The lowest BCUT2D eigenvalue weighted by atomic mass is 9.94. The van der Waals surface area contributed by atoms with Crippen molar-refractivity contribution < 1.29 is 52.9 Å². The lowest BCUT2D eigenvalue weighted by molar-refractivity contribution is -0.331. The molecule has 11 nitrogen and oxygen atoms in total. The van der Waals surface area contributed by atoms with Crippen LogP contribution in [0.5, 0.6) is 0 Å². The summed E-state index contributed by atoms with van der Waals surface area (Å²) in [6, 6.07) is 15.6. The third-order valence-electron chi connectivity index (χ3n) is 6.77. The highest BCUT2D eigenvalue weighted by atomic mass is 17.2. The SMILES string of the molecule is C=C(OOC(C)(C)c1ccc(C(C)C)cc1)C(=O)OC(C)OC(=O)OC(C)OC(=O)C(=C)OOC(C)(C)c1ccc(C(C)C)cc1. The molecule has 0 heterocycles. The number of ether oxygens (including phenoxy) is 4. The molecule has 11 heteroatoms. The van der Waals surface area contributed by atoms with E-state index in [1.54, 1.807) is 27.7 Å². The zero-order chi connectivity index (χ0) is 34.8. The van der Waals surface area contributed by atoms with Crippen LogP contribution in [0.15, 0.2) is 73.2 Å². The number of carbonyl (C=O) groups excluding carboxylic acids is 3. The molecule has 0 aliphatic heterocycles. The molecule has 2 unspecified atom stereocenters. The van der Waals surface area contributed by atoms with E-state index in [0.717, 1.165) is 11.1 Å². The van der Waals surface area contributed by atoms with Crippen LogP contribution in [0.25, 0.3) is 0 Å². The van der Waals surface area contributed by atoms with Crippen molar-refractivity contribution in [1.29, 1.82) is 0 Å².